The zero-order chi connectivity index (χ0) is 17.6. The van der Waals surface area contributed by atoms with Crippen LogP contribution in [-0.4, -0.2) is 42.2 Å². The third kappa shape index (κ3) is 4.07. The number of aliphatic hydroxyl groups excluding tert-OH is 1. The molecule has 0 bridgehead atoms. The Morgan fingerprint density at radius 2 is 2.24 bits per heavy atom. The number of fused-ring (bicyclic) bond motifs is 1. The average Bonchev–Trinajstić information content (AvgIpc) is 3.24. The van der Waals surface area contributed by atoms with E-state index in [0.717, 1.165) is 10.9 Å². The fourth-order valence-electron chi connectivity index (χ4n) is 2.54. The van der Waals surface area contributed by atoms with Crippen LogP contribution in [0.3, 0.4) is 0 Å². The van der Waals surface area contributed by atoms with Gasteiger partial charge >= 0.3 is 0 Å². The highest BCUT2D eigenvalue weighted by molar-refractivity contribution is 6.05. The molecule has 0 fully saturated rings. The van der Waals surface area contributed by atoms with Gasteiger partial charge in [-0.15, -0.1) is 5.10 Å². The Balaban J connectivity index is 1.59. The summed E-state index contributed by atoms with van der Waals surface area (Å²) in [6.45, 7) is 3.85. The Kier molecular flexibility index (Phi) is 5.15. The van der Waals surface area contributed by atoms with Gasteiger partial charge in [-0.2, -0.15) is 5.10 Å². The Morgan fingerprint density at radius 3 is 3.08 bits per heavy atom. The van der Waals surface area contributed by atoms with Crippen molar-refractivity contribution in [3.8, 4) is 0 Å². The van der Waals surface area contributed by atoms with Crippen LogP contribution in [0.2, 0.25) is 0 Å². The first-order valence-corrected chi connectivity index (χ1v) is 8.00. The largest absolute Gasteiger partial charge is 0.387 e. The third-order valence-electron chi connectivity index (χ3n) is 3.77. The van der Waals surface area contributed by atoms with Gasteiger partial charge in [-0.05, 0) is 6.07 Å². The number of carbonyl (C=O) groups excluding carboxylic acids is 1. The smallest absolute Gasteiger partial charge is 0.184 e. The lowest BCUT2D eigenvalue weighted by molar-refractivity contribution is 0.0979. The molecule has 2 aromatic heterocycles. The van der Waals surface area contributed by atoms with Crippen LogP contribution < -0.4 is 0 Å². The first-order valence-electron chi connectivity index (χ1n) is 8.00. The summed E-state index contributed by atoms with van der Waals surface area (Å²) in [7, 11) is 0. The summed E-state index contributed by atoms with van der Waals surface area (Å²) in [5.74, 6) is -0.0408. The number of carbonyl (C=O) groups is 1. The minimum absolute atomic E-state index is 0.0408. The number of nitrogens with zero attached hydrogens (tertiary/aromatic N) is 4. The van der Waals surface area contributed by atoms with E-state index in [9.17, 15) is 9.90 Å². The highest BCUT2D eigenvalue weighted by atomic mass is 16.3. The lowest BCUT2D eigenvalue weighted by atomic mass is 10.1. The second-order valence-corrected chi connectivity index (χ2v) is 5.66. The zero-order valence-electron chi connectivity index (χ0n) is 13.7. The molecule has 2 heterocycles. The molecule has 0 radical (unpaired) electrons. The van der Waals surface area contributed by atoms with Crippen molar-refractivity contribution in [2.45, 2.75) is 25.5 Å². The summed E-state index contributed by atoms with van der Waals surface area (Å²) >= 11 is 0. The number of H-pyrrole nitrogens is 1. The van der Waals surface area contributed by atoms with Gasteiger partial charge in [-0.3, -0.25) is 9.89 Å². The molecule has 0 spiro atoms. The number of benzene rings is 1. The van der Waals surface area contributed by atoms with E-state index in [2.05, 4.69) is 27.1 Å². The molecule has 3 rings (SSSR count). The number of hydrogen-bond acceptors (Lipinski definition) is 5. The van der Waals surface area contributed by atoms with Crippen LogP contribution in [0, 0.1) is 0 Å². The van der Waals surface area contributed by atoms with Gasteiger partial charge in [0.1, 0.15) is 5.69 Å². The molecule has 2 N–H and O–H groups in total. The second kappa shape index (κ2) is 7.67. The number of aliphatic hydroxyl groups is 1. The van der Waals surface area contributed by atoms with Gasteiger partial charge in [0, 0.05) is 24.4 Å². The average molecular weight is 337 g/mol. The molecule has 3 aromatic rings. The van der Waals surface area contributed by atoms with Crippen molar-refractivity contribution >= 4 is 16.7 Å². The van der Waals surface area contributed by atoms with E-state index in [4.69, 9.17) is 0 Å². The van der Waals surface area contributed by atoms with E-state index in [0.29, 0.717) is 30.8 Å². The molecule has 1 aromatic carbocycles. The van der Waals surface area contributed by atoms with Gasteiger partial charge in [-0.25, -0.2) is 4.68 Å². The number of aromatic amines is 1. The van der Waals surface area contributed by atoms with E-state index in [1.807, 2.05) is 24.3 Å². The molecular weight excluding hydrogens is 318 g/mol. The van der Waals surface area contributed by atoms with Crippen LogP contribution in [0.25, 0.3) is 10.9 Å². The molecule has 0 aliphatic carbocycles. The molecule has 0 amide bonds. The number of nitrogens with one attached hydrogen (secondary N) is 1. The van der Waals surface area contributed by atoms with Crippen LogP contribution in [0.1, 0.15) is 22.6 Å². The van der Waals surface area contributed by atoms with E-state index in [1.165, 1.54) is 0 Å². The summed E-state index contributed by atoms with van der Waals surface area (Å²) in [5.41, 5.74) is 2.00. The summed E-state index contributed by atoms with van der Waals surface area (Å²) in [6, 6.07) is 7.54. The number of aryl methyl sites for hydroxylation is 1. The third-order valence-corrected chi connectivity index (χ3v) is 3.77. The van der Waals surface area contributed by atoms with Gasteiger partial charge < -0.3 is 5.11 Å². The lowest BCUT2D eigenvalue weighted by Gasteiger charge is -2.03. The summed E-state index contributed by atoms with van der Waals surface area (Å²) in [5, 5.41) is 25.6. The molecule has 0 aliphatic heterocycles. The van der Waals surface area contributed by atoms with E-state index >= 15 is 0 Å². The molecule has 7 nitrogen and oxygen atoms in total. The van der Waals surface area contributed by atoms with Crippen molar-refractivity contribution in [2.75, 3.05) is 0 Å². The molecule has 1 atom stereocenters. The monoisotopic (exact) mass is 337 g/mol. The first-order chi connectivity index (χ1) is 12.2. The molecule has 0 saturated heterocycles. The number of Topliss-reactive ketones (excluding diaryl/α,β-unsaturated/α-hetero) is 1. The predicted molar refractivity (Wildman–Crippen MR) is 94.1 cm³/mol. The lowest BCUT2D eigenvalue weighted by Crippen LogP contribution is -2.13. The van der Waals surface area contributed by atoms with Gasteiger partial charge in [0.25, 0.3) is 0 Å². The fraction of sp³-hybridized carbons (Fsp3) is 0.222. The summed E-state index contributed by atoms with van der Waals surface area (Å²) in [4.78, 5) is 12.4. The zero-order valence-corrected chi connectivity index (χ0v) is 13.7. The van der Waals surface area contributed by atoms with E-state index < -0.39 is 6.10 Å². The molecule has 25 heavy (non-hydrogen) atoms. The second-order valence-electron chi connectivity index (χ2n) is 5.66. The van der Waals surface area contributed by atoms with Crippen LogP contribution in [0.4, 0.5) is 0 Å². The topological polar surface area (TPSA) is 96.7 Å². The van der Waals surface area contributed by atoms with Crippen LogP contribution >= 0.6 is 0 Å². The molecule has 1 unspecified atom stereocenters. The Bertz CT molecular complexity index is 909. The van der Waals surface area contributed by atoms with Crippen molar-refractivity contribution in [2.24, 2.45) is 0 Å². The maximum absolute atomic E-state index is 12.4. The van der Waals surface area contributed by atoms with E-state index in [-0.39, 0.29) is 5.78 Å². The van der Waals surface area contributed by atoms with Gasteiger partial charge in [0.15, 0.2) is 5.78 Å². The standard InChI is InChI=1S/C18H19N5O2/c1-2-3-6-14(24)12-23-11-13(19-22-23)9-10-17(25)18-15-7-4-5-8-16(15)20-21-18/h2-8,11,14,24H,1,9-10,12H2,(H,20,21)/b6-3+. The molecular formula is C18H19N5O2. The number of para-hydroxylation sites is 1. The van der Waals surface area contributed by atoms with Crippen molar-refractivity contribution < 1.29 is 9.90 Å². The predicted octanol–water partition coefficient (Wildman–Crippen LogP) is 2.07. The van der Waals surface area contributed by atoms with Gasteiger partial charge in [-0.1, -0.05) is 48.2 Å². The SMILES string of the molecule is C=C/C=C/C(O)Cn1cc(CCC(=O)c2n[nH]c3ccccc23)nn1. The van der Waals surface area contributed by atoms with E-state index in [1.54, 1.807) is 29.1 Å². The van der Waals surface area contributed by atoms with Crippen LogP contribution in [-0.2, 0) is 13.0 Å². The molecule has 128 valence electrons. The molecule has 0 aliphatic rings. The Hall–Kier alpha value is -3.06. The highest BCUT2D eigenvalue weighted by Crippen LogP contribution is 2.17. The summed E-state index contributed by atoms with van der Waals surface area (Å²) in [6.07, 6.45) is 6.74. The highest BCUT2D eigenvalue weighted by Gasteiger charge is 2.14. The van der Waals surface area contributed by atoms with Crippen molar-refractivity contribution in [1.82, 2.24) is 25.2 Å². The quantitative estimate of drug-likeness (QED) is 0.484. The van der Waals surface area contributed by atoms with Crippen LogP contribution in [0.5, 0.6) is 0 Å². The number of hydrogen-bond donors (Lipinski definition) is 2. The number of rotatable bonds is 8. The maximum atomic E-state index is 12.4. The number of allylic oxidation sites excluding steroid dienone is 2. The molecule has 0 saturated carbocycles. The Morgan fingerprint density at radius 1 is 1.40 bits per heavy atom. The normalized spacial score (nSPS) is 12.7. The summed E-state index contributed by atoms with van der Waals surface area (Å²) < 4.78 is 1.56. The number of ketones is 1. The first kappa shape index (κ1) is 16.8. The van der Waals surface area contributed by atoms with Crippen molar-refractivity contribution in [1.29, 1.82) is 0 Å². The maximum Gasteiger partial charge on any atom is 0.184 e. The Labute approximate surface area is 144 Å². The van der Waals surface area contributed by atoms with Gasteiger partial charge in [0.2, 0.25) is 0 Å². The minimum Gasteiger partial charge on any atom is -0.387 e. The minimum atomic E-state index is -0.662. The van der Waals surface area contributed by atoms with Crippen LogP contribution in [0.15, 0.2) is 55.3 Å². The fourth-order valence-corrected chi connectivity index (χ4v) is 2.54. The van der Waals surface area contributed by atoms with Gasteiger partial charge in [0.05, 0.1) is 23.9 Å². The van der Waals surface area contributed by atoms with Crippen molar-refractivity contribution in [3.63, 3.8) is 0 Å². The molecule has 7 heteroatoms. The number of aromatic nitrogens is 5. The van der Waals surface area contributed by atoms with Crippen molar-refractivity contribution in [3.05, 3.63) is 66.7 Å².